The van der Waals surface area contributed by atoms with Gasteiger partial charge < -0.3 is 15.4 Å². The first-order chi connectivity index (χ1) is 13.6. The third-order valence-corrected chi connectivity index (χ3v) is 5.56. The van der Waals surface area contributed by atoms with Crippen LogP contribution in [0.2, 0.25) is 0 Å². The number of nitrogens with zero attached hydrogens (tertiary/aromatic N) is 2. The summed E-state index contributed by atoms with van der Waals surface area (Å²) in [7, 11) is 0. The monoisotopic (exact) mass is 412 g/mol. The average molecular weight is 413 g/mol. The molecule has 8 heteroatoms. The number of para-hydroxylation sites is 2. The lowest BCUT2D eigenvalue weighted by Gasteiger charge is -2.12. The summed E-state index contributed by atoms with van der Waals surface area (Å²) < 4.78 is 6.64. The van der Waals surface area contributed by atoms with Crippen molar-refractivity contribution in [3.63, 3.8) is 0 Å². The van der Waals surface area contributed by atoms with Gasteiger partial charge in [-0.15, -0.1) is 16.8 Å². The molecule has 0 saturated carbocycles. The van der Waals surface area contributed by atoms with Crippen LogP contribution in [0.3, 0.4) is 0 Å². The second kappa shape index (κ2) is 9.91. The van der Waals surface area contributed by atoms with Gasteiger partial charge in [-0.2, -0.15) is 0 Å². The van der Waals surface area contributed by atoms with Gasteiger partial charge in [-0.25, -0.2) is 0 Å². The summed E-state index contributed by atoms with van der Waals surface area (Å²) in [6.07, 6.45) is 1.75. The maximum absolute atomic E-state index is 12.4. The van der Waals surface area contributed by atoms with Crippen LogP contribution in [0.25, 0.3) is 0 Å². The van der Waals surface area contributed by atoms with E-state index >= 15 is 0 Å². The number of nitrogens with one attached hydrogen (secondary N) is 2. The molecule has 0 bridgehead atoms. The Balaban J connectivity index is 1.57. The van der Waals surface area contributed by atoms with E-state index < -0.39 is 0 Å². The van der Waals surface area contributed by atoms with Crippen molar-refractivity contribution < 1.29 is 9.53 Å². The fourth-order valence-electron chi connectivity index (χ4n) is 2.20. The van der Waals surface area contributed by atoms with E-state index in [2.05, 4.69) is 27.4 Å². The molecular weight excluding hydrogens is 392 g/mol. The van der Waals surface area contributed by atoms with Crippen LogP contribution in [0.15, 0.2) is 65.5 Å². The number of amides is 1. The second-order valence-corrected chi connectivity index (χ2v) is 7.99. The van der Waals surface area contributed by atoms with Crippen LogP contribution in [0, 0.1) is 6.92 Å². The Morgan fingerprint density at radius 1 is 1.21 bits per heavy atom. The fourth-order valence-corrected chi connectivity index (χ4v) is 3.76. The van der Waals surface area contributed by atoms with Crippen LogP contribution in [-0.4, -0.2) is 28.4 Å². The molecule has 28 heavy (non-hydrogen) atoms. The molecule has 0 radical (unpaired) electrons. The molecule has 144 valence electrons. The normalized spacial score (nSPS) is 10.3. The number of hydrogen-bond donors (Lipinski definition) is 2. The molecule has 0 aliphatic heterocycles. The van der Waals surface area contributed by atoms with Gasteiger partial charge in [0, 0.05) is 6.54 Å². The molecule has 1 amide bonds. The number of ether oxygens (including phenoxy) is 1. The third kappa shape index (κ3) is 5.83. The zero-order valence-corrected chi connectivity index (χ0v) is 17.0. The highest BCUT2D eigenvalue weighted by atomic mass is 32.2. The molecule has 2 aromatic carbocycles. The number of anilines is 2. The number of aromatic nitrogens is 2. The Labute approximate surface area is 172 Å². The van der Waals surface area contributed by atoms with Gasteiger partial charge in [0.15, 0.2) is 10.1 Å². The first-order valence-corrected chi connectivity index (χ1v) is 10.4. The van der Waals surface area contributed by atoms with Crippen LogP contribution in [-0.2, 0) is 4.79 Å². The molecule has 0 spiro atoms. The van der Waals surface area contributed by atoms with Crippen LogP contribution < -0.4 is 15.4 Å². The van der Waals surface area contributed by atoms with E-state index in [1.165, 1.54) is 23.1 Å². The zero-order valence-electron chi connectivity index (χ0n) is 15.3. The first-order valence-electron chi connectivity index (χ1n) is 8.58. The van der Waals surface area contributed by atoms with Crippen molar-refractivity contribution in [1.29, 1.82) is 0 Å². The van der Waals surface area contributed by atoms with Gasteiger partial charge in [-0.1, -0.05) is 59.0 Å². The number of aryl methyl sites for hydroxylation is 1. The minimum Gasteiger partial charge on any atom is -0.455 e. The topological polar surface area (TPSA) is 76.1 Å². The minimum atomic E-state index is -0.138. The third-order valence-electron chi connectivity index (χ3n) is 3.54. The SMILES string of the molecule is C=CCNc1nnc(SCC(=O)Nc2ccccc2Oc2ccc(C)cc2)s1. The van der Waals surface area contributed by atoms with Crippen molar-refractivity contribution in [2.24, 2.45) is 0 Å². The number of hydrogen-bond acceptors (Lipinski definition) is 7. The number of rotatable bonds is 9. The Hall–Kier alpha value is -2.84. The van der Waals surface area contributed by atoms with Crippen molar-refractivity contribution in [3.05, 3.63) is 66.7 Å². The lowest BCUT2D eigenvalue weighted by atomic mass is 10.2. The van der Waals surface area contributed by atoms with E-state index in [1.54, 1.807) is 6.08 Å². The Morgan fingerprint density at radius 2 is 2.00 bits per heavy atom. The second-order valence-electron chi connectivity index (χ2n) is 5.79. The van der Waals surface area contributed by atoms with Crippen LogP contribution in [0.5, 0.6) is 11.5 Å². The van der Waals surface area contributed by atoms with E-state index in [0.29, 0.717) is 23.1 Å². The molecule has 1 aromatic heterocycles. The summed E-state index contributed by atoms with van der Waals surface area (Å²) in [5.74, 6) is 1.40. The Morgan fingerprint density at radius 3 is 2.79 bits per heavy atom. The predicted octanol–water partition coefficient (Wildman–Crippen LogP) is 4.97. The largest absolute Gasteiger partial charge is 0.455 e. The molecule has 2 N–H and O–H groups in total. The smallest absolute Gasteiger partial charge is 0.234 e. The summed E-state index contributed by atoms with van der Waals surface area (Å²) in [6, 6.07) is 15.1. The van der Waals surface area contributed by atoms with E-state index in [4.69, 9.17) is 4.74 Å². The van der Waals surface area contributed by atoms with Crippen LogP contribution in [0.1, 0.15) is 5.56 Å². The molecule has 0 atom stereocenters. The van der Waals surface area contributed by atoms with Gasteiger partial charge in [-0.3, -0.25) is 4.79 Å². The van der Waals surface area contributed by atoms with E-state index in [1.807, 2.05) is 55.5 Å². The molecule has 0 saturated heterocycles. The molecule has 6 nitrogen and oxygen atoms in total. The lowest BCUT2D eigenvalue weighted by Crippen LogP contribution is -2.14. The van der Waals surface area contributed by atoms with E-state index in [-0.39, 0.29) is 11.7 Å². The summed E-state index contributed by atoms with van der Waals surface area (Å²) in [4.78, 5) is 12.4. The quantitative estimate of drug-likeness (QED) is 0.382. The molecule has 3 aromatic rings. The molecule has 1 heterocycles. The molecule has 3 rings (SSSR count). The van der Waals surface area contributed by atoms with Crippen LogP contribution >= 0.6 is 23.1 Å². The number of thioether (sulfide) groups is 1. The van der Waals surface area contributed by atoms with Crippen molar-refractivity contribution >= 4 is 39.8 Å². The van der Waals surface area contributed by atoms with Crippen molar-refractivity contribution in [2.75, 3.05) is 22.9 Å². The molecule has 0 aliphatic carbocycles. The van der Waals surface area contributed by atoms with Gasteiger partial charge in [0.2, 0.25) is 11.0 Å². The summed E-state index contributed by atoms with van der Waals surface area (Å²) >= 11 is 2.74. The van der Waals surface area contributed by atoms with Crippen molar-refractivity contribution in [2.45, 2.75) is 11.3 Å². The van der Waals surface area contributed by atoms with E-state index in [9.17, 15) is 4.79 Å². The summed E-state index contributed by atoms with van der Waals surface area (Å²) in [6.45, 7) is 6.29. The van der Waals surface area contributed by atoms with Crippen molar-refractivity contribution in [3.8, 4) is 11.5 Å². The molecule has 0 unspecified atom stereocenters. The van der Waals surface area contributed by atoms with Gasteiger partial charge >= 0.3 is 0 Å². The van der Waals surface area contributed by atoms with E-state index in [0.717, 1.165) is 15.7 Å². The lowest BCUT2D eigenvalue weighted by molar-refractivity contribution is -0.113. The maximum atomic E-state index is 12.4. The minimum absolute atomic E-state index is 0.138. The zero-order chi connectivity index (χ0) is 19.8. The number of carbonyl (C=O) groups is 1. The standard InChI is InChI=1S/C20H20N4O2S2/c1-3-12-21-19-23-24-20(28-19)27-13-18(25)22-16-6-4-5-7-17(16)26-15-10-8-14(2)9-11-15/h3-11H,1,12-13H2,2H3,(H,21,23)(H,22,25). The van der Waals surface area contributed by atoms with Gasteiger partial charge in [0.25, 0.3) is 0 Å². The Bertz CT molecular complexity index is 941. The van der Waals surface area contributed by atoms with Crippen LogP contribution in [0.4, 0.5) is 10.8 Å². The molecular formula is C20H20N4O2S2. The average Bonchev–Trinajstić information content (AvgIpc) is 3.16. The highest BCUT2D eigenvalue weighted by Gasteiger charge is 2.11. The molecule has 0 fully saturated rings. The van der Waals surface area contributed by atoms with Gasteiger partial charge in [-0.05, 0) is 31.2 Å². The highest BCUT2D eigenvalue weighted by Crippen LogP contribution is 2.30. The van der Waals surface area contributed by atoms with Crippen molar-refractivity contribution in [1.82, 2.24) is 10.2 Å². The van der Waals surface area contributed by atoms with Gasteiger partial charge in [0.1, 0.15) is 5.75 Å². The first kappa shape index (κ1) is 19.9. The number of carbonyl (C=O) groups excluding carboxylic acids is 1. The maximum Gasteiger partial charge on any atom is 0.234 e. The summed E-state index contributed by atoms with van der Waals surface area (Å²) in [5.41, 5.74) is 1.78. The number of benzene rings is 2. The summed E-state index contributed by atoms with van der Waals surface area (Å²) in [5, 5.41) is 14.8. The highest BCUT2D eigenvalue weighted by molar-refractivity contribution is 8.01. The predicted molar refractivity (Wildman–Crippen MR) is 116 cm³/mol. The fraction of sp³-hybridized carbons (Fsp3) is 0.150. The van der Waals surface area contributed by atoms with Gasteiger partial charge in [0.05, 0.1) is 11.4 Å². The Kier molecular flexibility index (Phi) is 7.05. The molecule has 0 aliphatic rings.